The topological polar surface area (TPSA) is 77.2 Å². The van der Waals surface area contributed by atoms with Gasteiger partial charge in [0.15, 0.2) is 0 Å². The molecule has 8 heteroatoms. The van der Waals surface area contributed by atoms with E-state index in [9.17, 15) is 18.8 Å². The molecule has 1 aromatic carbocycles. The van der Waals surface area contributed by atoms with Gasteiger partial charge < -0.3 is 4.90 Å². The summed E-state index contributed by atoms with van der Waals surface area (Å²) >= 11 is 0. The number of likely N-dealkylation sites (tertiary alicyclic amines) is 1. The van der Waals surface area contributed by atoms with Crippen LogP contribution in [0, 0.1) is 5.82 Å². The molecule has 0 N–H and O–H groups in total. The molecule has 0 radical (unpaired) electrons. The Morgan fingerprint density at radius 3 is 2.53 bits per heavy atom. The summed E-state index contributed by atoms with van der Waals surface area (Å²) < 4.78 is 15.6. The van der Waals surface area contributed by atoms with Crippen LogP contribution < -0.4 is 11.2 Å². The molecule has 30 heavy (non-hydrogen) atoms. The Labute approximate surface area is 172 Å². The van der Waals surface area contributed by atoms with Gasteiger partial charge in [0.2, 0.25) is 5.91 Å². The SMILES string of the molecule is Cn1c(=O)c2ccc(C3CCCCN3C(=O)Cc3ccc(F)cc3)nc2n(C)c1=O. The summed E-state index contributed by atoms with van der Waals surface area (Å²) in [6, 6.07) is 9.15. The third kappa shape index (κ3) is 3.53. The van der Waals surface area contributed by atoms with Crippen LogP contribution in [0.15, 0.2) is 46.0 Å². The van der Waals surface area contributed by atoms with E-state index in [-0.39, 0.29) is 29.7 Å². The van der Waals surface area contributed by atoms with Crippen LogP contribution >= 0.6 is 0 Å². The van der Waals surface area contributed by atoms with Crippen molar-refractivity contribution in [3.8, 4) is 0 Å². The van der Waals surface area contributed by atoms with Crippen LogP contribution in [0.1, 0.15) is 36.6 Å². The van der Waals surface area contributed by atoms with E-state index in [1.54, 1.807) is 36.2 Å². The van der Waals surface area contributed by atoms with Gasteiger partial charge in [-0.3, -0.25) is 18.7 Å². The smallest absolute Gasteiger partial charge is 0.332 e. The molecule has 0 spiro atoms. The molecule has 4 rings (SSSR count). The summed E-state index contributed by atoms with van der Waals surface area (Å²) in [4.78, 5) is 44.1. The van der Waals surface area contributed by atoms with Crippen molar-refractivity contribution in [1.29, 1.82) is 0 Å². The van der Waals surface area contributed by atoms with Crippen molar-refractivity contribution >= 4 is 16.9 Å². The van der Waals surface area contributed by atoms with Gasteiger partial charge in [0.1, 0.15) is 11.5 Å². The Hall–Kier alpha value is -3.29. The highest BCUT2D eigenvalue weighted by atomic mass is 19.1. The minimum atomic E-state index is -0.440. The van der Waals surface area contributed by atoms with Crippen LogP contribution in [0.3, 0.4) is 0 Å². The Morgan fingerprint density at radius 1 is 1.07 bits per heavy atom. The second kappa shape index (κ2) is 7.85. The first-order valence-electron chi connectivity index (χ1n) is 9.97. The van der Waals surface area contributed by atoms with Crippen molar-refractivity contribution in [2.45, 2.75) is 31.7 Å². The zero-order valence-corrected chi connectivity index (χ0v) is 17.0. The number of hydrogen-bond donors (Lipinski definition) is 0. The first-order valence-corrected chi connectivity index (χ1v) is 9.97. The maximum Gasteiger partial charge on any atom is 0.332 e. The number of halogens is 1. The number of benzene rings is 1. The number of carbonyl (C=O) groups is 1. The monoisotopic (exact) mass is 410 g/mol. The second-order valence-electron chi connectivity index (χ2n) is 7.72. The predicted molar refractivity (Wildman–Crippen MR) is 111 cm³/mol. The average molecular weight is 410 g/mol. The molecule has 1 saturated heterocycles. The summed E-state index contributed by atoms with van der Waals surface area (Å²) in [7, 11) is 3.02. The highest BCUT2D eigenvalue weighted by Crippen LogP contribution is 2.31. The molecule has 1 aliphatic heterocycles. The van der Waals surface area contributed by atoms with Crippen LogP contribution in [0.5, 0.6) is 0 Å². The lowest BCUT2D eigenvalue weighted by molar-refractivity contribution is -0.134. The lowest BCUT2D eigenvalue weighted by atomic mass is 9.97. The molecule has 1 amide bonds. The minimum Gasteiger partial charge on any atom is -0.334 e. The van der Waals surface area contributed by atoms with Crippen LogP contribution in [-0.2, 0) is 25.3 Å². The Balaban J connectivity index is 1.69. The van der Waals surface area contributed by atoms with Gasteiger partial charge in [-0.15, -0.1) is 0 Å². The molecule has 1 aliphatic rings. The van der Waals surface area contributed by atoms with Crippen molar-refractivity contribution in [3.05, 3.63) is 74.3 Å². The molecular weight excluding hydrogens is 387 g/mol. The number of rotatable bonds is 3. The van der Waals surface area contributed by atoms with Crippen molar-refractivity contribution in [1.82, 2.24) is 19.0 Å². The van der Waals surface area contributed by atoms with Gasteiger partial charge >= 0.3 is 5.69 Å². The lowest BCUT2D eigenvalue weighted by Gasteiger charge is -2.35. The van der Waals surface area contributed by atoms with Crippen molar-refractivity contribution in [2.75, 3.05) is 6.54 Å². The zero-order valence-electron chi connectivity index (χ0n) is 17.0. The van der Waals surface area contributed by atoms with Crippen LogP contribution in [-0.4, -0.2) is 31.5 Å². The molecule has 1 unspecified atom stereocenters. The fourth-order valence-electron chi connectivity index (χ4n) is 4.07. The molecule has 2 aromatic heterocycles. The van der Waals surface area contributed by atoms with Crippen LogP contribution in [0.2, 0.25) is 0 Å². The molecule has 0 aliphatic carbocycles. The fraction of sp³-hybridized carbons (Fsp3) is 0.364. The van der Waals surface area contributed by atoms with E-state index in [1.165, 1.54) is 23.7 Å². The largest absolute Gasteiger partial charge is 0.334 e. The quantitative estimate of drug-likeness (QED) is 0.662. The molecule has 1 fully saturated rings. The number of nitrogens with zero attached hydrogens (tertiary/aromatic N) is 4. The maximum atomic E-state index is 13.2. The fourth-order valence-corrected chi connectivity index (χ4v) is 4.07. The van der Waals surface area contributed by atoms with Crippen LogP contribution in [0.25, 0.3) is 11.0 Å². The third-order valence-corrected chi connectivity index (χ3v) is 5.76. The Morgan fingerprint density at radius 2 is 1.80 bits per heavy atom. The number of fused-ring (bicyclic) bond motifs is 1. The van der Waals surface area contributed by atoms with Gasteiger partial charge in [-0.1, -0.05) is 12.1 Å². The predicted octanol–water partition coefficient (Wildman–Crippen LogP) is 2.07. The maximum absolute atomic E-state index is 13.2. The number of carbonyl (C=O) groups excluding carboxylic acids is 1. The van der Waals surface area contributed by atoms with Crippen molar-refractivity contribution < 1.29 is 9.18 Å². The third-order valence-electron chi connectivity index (χ3n) is 5.76. The van der Waals surface area contributed by atoms with Gasteiger partial charge in [0.05, 0.1) is 23.5 Å². The summed E-state index contributed by atoms with van der Waals surface area (Å²) in [6.45, 7) is 0.611. The van der Waals surface area contributed by atoms with Gasteiger partial charge in [-0.25, -0.2) is 14.2 Å². The summed E-state index contributed by atoms with van der Waals surface area (Å²) in [5.74, 6) is -0.384. The van der Waals surface area contributed by atoms with E-state index in [1.807, 2.05) is 0 Å². The molecule has 156 valence electrons. The summed E-state index contributed by atoms with van der Waals surface area (Å²) in [6.07, 6.45) is 2.80. The molecular formula is C22H23FN4O3. The minimum absolute atomic E-state index is 0.0499. The first-order chi connectivity index (χ1) is 14.4. The van der Waals surface area contributed by atoms with Crippen LogP contribution in [0.4, 0.5) is 4.39 Å². The van der Waals surface area contributed by atoms with E-state index in [2.05, 4.69) is 4.98 Å². The normalized spacial score (nSPS) is 16.8. The molecule has 1 atom stereocenters. The van der Waals surface area contributed by atoms with Gasteiger partial charge in [0, 0.05) is 20.6 Å². The van der Waals surface area contributed by atoms with Crippen molar-refractivity contribution in [2.24, 2.45) is 14.1 Å². The standard InChI is InChI=1S/C22H23FN4O3/c1-25-20-16(21(29)26(2)22(25)30)10-11-17(24-20)18-5-3-4-12-27(18)19(28)13-14-6-8-15(23)9-7-14/h6-11,18H,3-5,12-13H2,1-2H3. The van der Waals surface area contributed by atoms with E-state index in [0.29, 0.717) is 23.3 Å². The van der Waals surface area contributed by atoms with Crippen molar-refractivity contribution in [3.63, 3.8) is 0 Å². The van der Waals surface area contributed by atoms with Gasteiger partial charge in [0.25, 0.3) is 5.56 Å². The number of piperidine rings is 1. The van der Waals surface area contributed by atoms with E-state index in [4.69, 9.17) is 0 Å². The molecule has 0 saturated carbocycles. The number of pyridine rings is 1. The summed E-state index contributed by atoms with van der Waals surface area (Å²) in [5, 5.41) is 0.364. The Kier molecular flexibility index (Phi) is 5.24. The second-order valence-corrected chi connectivity index (χ2v) is 7.72. The molecule has 3 heterocycles. The number of aromatic nitrogens is 3. The zero-order chi connectivity index (χ0) is 21.4. The molecule has 7 nitrogen and oxygen atoms in total. The number of hydrogen-bond acceptors (Lipinski definition) is 4. The van der Waals surface area contributed by atoms with E-state index < -0.39 is 5.69 Å². The summed E-state index contributed by atoms with van der Waals surface area (Å²) in [5.41, 5.74) is 0.906. The number of amides is 1. The first kappa shape index (κ1) is 20.0. The van der Waals surface area contributed by atoms with E-state index in [0.717, 1.165) is 29.4 Å². The highest BCUT2D eigenvalue weighted by Gasteiger charge is 2.29. The lowest BCUT2D eigenvalue weighted by Crippen LogP contribution is -2.40. The van der Waals surface area contributed by atoms with Gasteiger partial charge in [-0.05, 0) is 49.1 Å². The highest BCUT2D eigenvalue weighted by molar-refractivity contribution is 5.79. The number of aryl methyl sites for hydroxylation is 1. The average Bonchev–Trinajstić information content (AvgIpc) is 2.77. The van der Waals surface area contributed by atoms with E-state index >= 15 is 0 Å². The molecule has 3 aromatic rings. The Bertz CT molecular complexity index is 1230. The van der Waals surface area contributed by atoms with Gasteiger partial charge in [-0.2, -0.15) is 0 Å². The molecule has 0 bridgehead atoms.